The molecule has 1 aliphatic rings. The van der Waals surface area contributed by atoms with E-state index in [-0.39, 0.29) is 11.8 Å². The summed E-state index contributed by atoms with van der Waals surface area (Å²) in [4.78, 5) is 26.4. The number of amides is 2. The average Bonchev–Trinajstić information content (AvgIpc) is 3.16. The van der Waals surface area contributed by atoms with Gasteiger partial charge in [-0.2, -0.15) is 0 Å². The number of nitrogens with one attached hydrogen (secondary N) is 1. The Balaban J connectivity index is 1.73. The molecule has 1 aliphatic heterocycles. The zero-order valence-corrected chi connectivity index (χ0v) is 12.6. The van der Waals surface area contributed by atoms with Gasteiger partial charge in [0.25, 0.3) is 5.91 Å². The Morgan fingerprint density at radius 3 is 2.74 bits per heavy atom. The maximum absolute atomic E-state index is 13.0. The summed E-state index contributed by atoms with van der Waals surface area (Å²) in [7, 11) is 0. The second-order valence-electron chi connectivity index (χ2n) is 5.48. The van der Waals surface area contributed by atoms with E-state index in [4.69, 9.17) is 4.52 Å². The number of anilines is 1. The van der Waals surface area contributed by atoms with Crippen molar-refractivity contribution in [2.24, 2.45) is 0 Å². The minimum atomic E-state index is -0.565. The lowest BCUT2D eigenvalue weighted by Gasteiger charge is -2.23. The van der Waals surface area contributed by atoms with E-state index in [1.165, 1.54) is 29.2 Å². The van der Waals surface area contributed by atoms with Crippen LogP contribution in [0.15, 0.2) is 34.9 Å². The summed E-state index contributed by atoms with van der Waals surface area (Å²) in [5.41, 5.74) is 0.364. The van der Waals surface area contributed by atoms with Gasteiger partial charge in [-0.3, -0.25) is 9.59 Å². The van der Waals surface area contributed by atoms with Crippen LogP contribution >= 0.6 is 0 Å². The third-order valence-electron chi connectivity index (χ3n) is 3.79. The van der Waals surface area contributed by atoms with Crippen molar-refractivity contribution in [3.63, 3.8) is 0 Å². The minimum Gasteiger partial charge on any atom is -0.360 e. The van der Waals surface area contributed by atoms with Crippen molar-refractivity contribution in [1.82, 2.24) is 10.1 Å². The van der Waals surface area contributed by atoms with Crippen LogP contribution < -0.4 is 5.32 Å². The van der Waals surface area contributed by atoms with Crippen LogP contribution in [0, 0.1) is 12.7 Å². The van der Waals surface area contributed by atoms with Gasteiger partial charge in [0.15, 0.2) is 5.82 Å². The standard InChI is InChI=1S/C16H16FN3O3/c1-10-9-14(19-23-10)18-15(21)13-3-2-8-20(13)16(22)11-4-6-12(17)7-5-11/h4-7,9,13H,2-3,8H2,1H3,(H,18,19,21). The monoisotopic (exact) mass is 317 g/mol. The van der Waals surface area contributed by atoms with Crippen LogP contribution in [-0.4, -0.2) is 34.5 Å². The molecule has 1 fully saturated rings. The fraction of sp³-hybridized carbons (Fsp3) is 0.312. The van der Waals surface area contributed by atoms with Gasteiger partial charge >= 0.3 is 0 Å². The fourth-order valence-corrected chi connectivity index (χ4v) is 2.68. The molecule has 23 heavy (non-hydrogen) atoms. The Morgan fingerprint density at radius 2 is 2.09 bits per heavy atom. The zero-order chi connectivity index (χ0) is 16.4. The molecular formula is C16H16FN3O3. The van der Waals surface area contributed by atoms with Gasteiger partial charge < -0.3 is 14.7 Å². The van der Waals surface area contributed by atoms with Crippen LogP contribution in [0.4, 0.5) is 10.2 Å². The van der Waals surface area contributed by atoms with Gasteiger partial charge in [0.2, 0.25) is 5.91 Å². The van der Waals surface area contributed by atoms with Gasteiger partial charge in [0, 0.05) is 18.2 Å². The number of likely N-dealkylation sites (tertiary alicyclic amines) is 1. The number of halogens is 1. The number of carbonyl (C=O) groups is 2. The van der Waals surface area contributed by atoms with Crippen molar-refractivity contribution >= 4 is 17.6 Å². The van der Waals surface area contributed by atoms with Crippen LogP contribution in [-0.2, 0) is 4.79 Å². The molecule has 2 heterocycles. The highest BCUT2D eigenvalue weighted by molar-refractivity contribution is 6.01. The van der Waals surface area contributed by atoms with E-state index in [9.17, 15) is 14.0 Å². The van der Waals surface area contributed by atoms with E-state index in [1.807, 2.05) is 0 Å². The Kier molecular flexibility index (Phi) is 4.10. The predicted octanol–water partition coefficient (Wildman–Crippen LogP) is 2.37. The predicted molar refractivity (Wildman–Crippen MR) is 80.3 cm³/mol. The van der Waals surface area contributed by atoms with Crippen molar-refractivity contribution < 1.29 is 18.5 Å². The van der Waals surface area contributed by atoms with Crippen molar-refractivity contribution in [1.29, 1.82) is 0 Å². The van der Waals surface area contributed by atoms with Crippen molar-refractivity contribution in [3.05, 3.63) is 47.5 Å². The SMILES string of the molecule is Cc1cc(NC(=O)C2CCCN2C(=O)c2ccc(F)cc2)no1. The maximum Gasteiger partial charge on any atom is 0.254 e. The number of rotatable bonds is 3. The Hall–Kier alpha value is -2.70. The molecule has 1 aromatic heterocycles. The molecule has 1 saturated heterocycles. The van der Waals surface area contributed by atoms with Crippen LogP contribution in [0.25, 0.3) is 0 Å². The molecule has 2 aromatic rings. The first-order valence-corrected chi connectivity index (χ1v) is 7.35. The molecule has 0 bridgehead atoms. The van der Waals surface area contributed by atoms with Gasteiger partial charge in [-0.15, -0.1) is 0 Å². The second-order valence-corrected chi connectivity index (χ2v) is 5.48. The molecule has 0 aliphatic carbocycles. The topological polar surface area (TPSA) is 75.4 Å². The molecular weight excluding hydrogens is 301 g/mol. The lowest BCUT2D eigenvalue weighted by Crippen LogP contribution is -2.43. The van der Waals surface area contributed by atoms with Gasteiger partial charge in [-0.05, 0) is 44.0 Å². The molecule has 2 amide bonds. The molecule has 7 heteroatoms. The fourth-order valence-electron chi connectivity index (χ4n) is 2.68. The second kappa shape index (κ2) is 6.20. The first-order valence-electron chi connectivity index (χ1n) is 7.35. The van der Waals surface area contributed by atoms with E-state index in [0.29, 0.717) is 30.1 Å². The first-order chi connectivity index (χ1) is 11.0. The number of nitrogens with zero attached hydrogens (tertiary/aromatic N) is 2. The molecule has 120 valence electrons. The van der Waals surface area contributed by atoms with Crippen molar-refractivity contribution in [3.8, 4) is 0 Å². The number of hydrogen-bond acceptors (Lipinski definition) is 4. The number of hydrogen-bond donors (Lipinski definition) is 1. The quantitative estimate of drug-likeness (QED) is 0.943. The number of aryl methyl sites for hydroxylation is 1. The summed E-state index contributed by atoms with van der Waals surface area (Å²) >= 11 is 0. The van der Waals surface area contributed by atoms with Crippen molar-refractivity contribution in [2.75, 3.05) is 11.9 Å². The molecule has 1 N–H and O–H groups in total. The summed E-state index contributed by atoms with van der Waals surface area (Å²) < 4.78 is 17.9. The Morgan fingerprint density at radius 1 is 1.35 bits per heavy atom. The van der Waals surface area contributed by atoms with E-state index >= 15 is 0 Å². The van der Waals surface area contributed by atoms with Gasteiger partial charge in [0.1, 0.15) is 17.6 Å². The summed E-state index contributed by atoms with van der Waals surface area (Å²) in [5.74, 6) is -0.0662. The lowest BCUT2D eigenvalue weighted by molar-refractivity contribution is -0.119. The van der Waals surface area contributed by atoms with E-state index < -0.39 is 11.9 Å². The van der Waals surface area contributed by atoms with E-state index in [0.717, 1.165) is 6.42 Å². The summed E-state index contributed by atoms with van der Waals surface area (Å²) in [6.07, 6.45) is 1.32. The van der Waals surface area contributed by atoms with Crippen LogP contribution in [0.3, 0.4) is 0 Å². The highest BCUT2D eigenvalue weighted by Crippen LogP contribution is 2.22. The minimum absolute atomic E-state index is 0.279. The number of carbonyl (C=O) groups excluding carboxylic acids is 2. The number of benzene rings is 1. The molecule has 0 spiro atoms. The van der Waals surface area contributed by atoms with E-state index in [2.05, 4.69) is 10.5 Å². The van der Waals surface area contributed by atoms with E-state index in [1.54, 1.807) is 13.0 Å². The molecule has 6 nitrogen and oxygen atoms in total. The van der Waals surface area contributed by atoms with Crippen LogP contribution in [0.1, 0.15) is 29.0 Å². The Labute approximate surface area is 132 Å². The molecule has 3 rings (SSSR count). The maximum atomic E-state index is 13.0. The molecule has 0 radical (unpaired) electrons. The Bertz CT molecular complexity index is 726. The first kappa shape index (κ1) is 15.2. The third-order valence-corrected chi connectivity index (χ3v) is 3.79. The number of aromatic nitrogens is 1. The van der Waals surface area contributed by atoms with Crippen LogP contribution in [0.5, 0.6) is 0 Å². The zero-order valence-electron chi connectivity index (χ0n) is 12.6. The molecule has 1 aromatic carbocycles. The highest BCUT2D eigenvalue weighted by atomic mass is 19.1. The summed E-state index contributed by atoms with van der Waals surface area (Å²) in [5, 5.41) is 6.37. The van der Waals surface area contributed by atoms with Gasteiger partial charge in [0.05, 0.1) is 0 Å². The summed E-state index contributed by atoms with van der Waals surface area (Å²) in [6.45, 7) is 2.22. The van der Waals surface area contributed by atoms with Crippen LogP contribution in [0.2, 0.25) is 0 Å². The third kappa shape index (κ3) is 3.23. The average molecular weight is 317 g/mol. The normalized spacial score (nSPS) is 17.3. The van der Waals surface area contributed by atoms with Gasteiger partial charge in [-0.25, -0.2) is 4.39 Å². The van der Waals surface area contributed by atoms with Crippen molar-refractivity contribution in [2.45, 2.75) is 25.8 Å². The molecule has 0 saturated carbocycles. The highest BCUT2D eigenvalue weighted by Gasteiger charge is 2.34. The molecule has 1 atom stereocenters. The van der Waals surface area contributed by atoms with Gasteiger partial charge in [-0.1, -0.05) is 5.16 Å². The molecule has 1 unspecified atom stereocenters. The summed E-state index contributed by atoms with van der Waals surface area (Å²) in [6, 6.07) is 6.36. The lowest BCUT2D eigenvalue weighted by atomic mass is 10.1. The largest absolute Gasteiger partial charge is 0.360 e. The smallest absolute Gasteiger partial charge is 0.254 e.